The summed E-state index contributed by atoms with van der Waals surface area (Å²) in [6, 6.07) is 3.98. The van der Waals surface area contributed by atoms with Crippen LogP contribution in [-0.4, -0.2) is 7.05 Å². The second-order valence-corrected chi connectivity index (χ2v) is 3.38. The first kappa shape index (κ1) is 10.4. The summed E-state index contributed by atoms with van der Waals surface area (Å²) in [4.78, 5) is 0. The van der Waals surface area contributed by atoms with Crippen molar-refractivity contribution in [2.24, 2.45) is 0 Å². The van der Waals surface area contributed by atoms with Crippen molar-refractivity contribution in [1.82, 2.24) is 5.32 Å². The lowest BCUT2D eigenvalue weighted by Crippen LogP contribution is -2.13. The van der Waals surface area contributed by atoms with E-state index in [2.05, 4.69) is 17.2 Å². The topological polar surface area (TPSA) is 50.1 Å². The van der Waals surface area contributed by atoms with Crippen LogP contribution in [0.4, 0.5) is 11.4 Å². The molecule has 0 bridgehead atoms. The van der Waals surface area contributed by atoms with E-state index in [1.54, 1.807) is 0 Å². The first-order valence-electron chi connectivity index (χ1n) is 4.55. The second-order valence-electron chi connectivity index (χ2n) is 3.38. The van der Waals surface area contributed by atoms with Gasteiger partial charge in [0.1, 0.15) is 0 Å². The molecule has 76 valence electrons. The molecule has 0 aliphatic heterocycles. The third kappa shape index (κ3) is 2.19. The molecule has 1 aromatic rings. The van der Waals surface area contributed by atoms with Crippen LogP contribution < -0.4 is 16.4 Å². The molecule has 0 fully saturated rings. The Labute approximate surface area is 85.0 Å². The lowest BCUT2D eigenvalue weighted by Gasteiger charge is -2.13. The quantitative estimate of drug-likeness (QED) is 0.640. The van der Waals surface area contributed by atoms with E-state index in [1.165, 1.54) is 0 Å². The maximum Gasteiger partial charge on any atom is 0.0954 e. The lowest BCUT2D eigenvalue weighted by molar-refractivity contribution is 1.00. The molecule has 0 aliphatic rings. The standard InChI is InChI=1S/C11H17N3/c1-7-6-11(14-9(3)13-4)8(2)5-10(7)12/h5-6,13-14H,3,12H2,1-2,4H3. The van der Waals surface area contributed by atoms with E-state index in [0.717, 1.165) is 28.3 Å². The van der Waals surface area contributed by atoms with Crippen LogP contribution in [0.5, 0.6) is 0 Å². The minimum absolute atomic E-state index is 0.775. The van der Waals surface area contributed by atoms with Crippen molar-refractivity contribution in [3.8, 4) is 0 Å². The van der Waals surface area contributed by atoms with Gasteiger partial charge in [-0.05, 0) is 37.1 Å². The van der Waals surface area contributed by atoms with Gasteiger partial charge in [-0.1, -0.05) is 6.58 Å². The van der Waals surface area contributed by atoms with Crippen molar-refractivity contribution in [3.05, 3.63) is 35.7 Å². The van der Waals surface area contributed by atoms with Crippen LogP contribution in [0.15, 0.2) is 24.5 Å². The molecule has 3 nitrogen and oxygen atoms in total. The van der Waals surface area contributed by atoms with Gasteiger partial charge in [-0.3, -0.25) is 0 Å². The number of nitrogen functional groups attached to an aromatic ring is 1. The third-order valence-corrected chi connectivity index (χ3v) is 2.20. The molecule has 14 heavy (non-hydrogen) atoms. The van der Waals surface area contributed by atoms with E-state index >= 15 is 0 Å². The fraction of sp³-hybridized carbons (Fsp3) is 0.273. The Morgan fingerprint density at radius 1 is 1.29 bits per heavy atom. The van der Waals surface area contributed by atoms with Crippen molar-refractivity contribution in [2.75, 3.05) is 18.1 Å². The van der Waals surface area contributed by atoms with E-state index in [0.29, 0.717) is 0 Å². The van der Waals surface area contributed by atoms with Gasteiger partial charge in [0, 0.05) is 18.4 Å². The fourth-order valence-electron chi connectivity index (χ4n) is 1.20. The van der Waals surface area contributed by atoms with Gasteiger partial charge in [-0.25, -0.2) is 0 Å². The van der Waals surface area contributed by atoms with E-state index in [1.807, 2.05) is 33.0 Å². The van der Waals surface area contributed by atoms with E-state index < -0.39 is 0 Å². The SMILES string of the molecule is C=C(NC)Nc1cc(C)c(N)cc1C. The number of nitrogens with one attached hydrogen (secondary N) is 2. The molecular weight excluding hydrogens is 174 g/mol. The summed E-state index contributed by atoms with van der Waals surface area (Å²) in [6.07, 6.45) is 0. The maximum atomic E-state index is 5.79. The number of rotatable bonds is 3. The van der Waals surface area contributed by atoms with Gasteiger partial charge < -0.3 is 16.4 Å². The molecule has 0 saturated carbocycles. The number of hydrogen-bond donors (Lipinski definition) is 3. The van der Waals surface area contributed by atoms with Crippen molar-refractivity contribution in [3.63, 3.8) is 0 Å². The Balaban J connectivity index is 2.98. The van der Waals surface area contributed by atoms with E-state index in [4.69, 9.17) is 5.73 Å². The maximum absolute atomic E-state index is 5.79. The molecule has 0 radical (unpaired) electrons. The molecule has 0 spiro atoms. The number of benzene rings is 1. The van der Waals surface area contributed by atoms with Crippen LogP contribution in [0.1, 0.15) is 11.1 Å². The average molecular weight is 191 g/mol. The normalized spacial score (nSPS) is 9.64. The minimum atomic E-state index is 0.775. The molecule has 0 amide bonds. The average Bonchev–Trinajstić information content (AvgIpc) is 2.14. The molecule has 0 atom stereocenters. The zero-order valence-electron chi connectivity index (χ0n) is 8.94. The van der Waals surface area contributed by atoms with Crippen LogP contribution >= 0.6 is 0 Å². The summed E-state index contributed by atoms with van der Waals surface area (Å²) in [7, 11) is 1.83. The van der Waals surface area contributed by atoms with Crippen LogP contribution in [0, 0.1) is 13.8 Å². The molecule has 0 aromatic heterocycles. The van der Waals surface area contributed by atoms with Gasteiger partial charge in [0.2, 0.25) is 0 Å². The highest BCUT2D eigenvalue weighted by Crippen LogP contribution is 2.22. The largest absolute Gasteiger partial charge is 0.399 e. The molecule has 3 heteroatoms. The van der Waals surface area contributed by atoms with Gasteiger partial charge >= 0.3 is 0 Å². The van der Waals surface area contributed by atoms with E-state index in [-0.39, 0.29) is 0 Å². The van der Waals surface area contributed by atoms with Crippen molar-refractivity contribution in [2.45, 2.75) is 13.8 Å². The second kappa shape index (κ2) is 4.05. The van der Waals surface area contributed by atoms with Crippen molar-refractivity contribution < 1.29 is 0 Å². The van der Waals surface area contributed by atoms with Gasteiger partial charge in [0.25, 0.3) is 0 Å². The number of hydrogen-bond acceptors (Lipinski definition) is 3. The smallest absolute Gasteiger partial charge is 0.0954 e. The van der Waals surface area contributed by atoms with Crippen LogP contribution in [0.3, 0.4) is 0 Å². The Bertz CT molecular complexity index is 356. The lowest BCUT2D eigenvalue weighted by atomic mass is 10.1. The van der Waals surface area contributed by atoms with Gasteiger partial charge in [0.15, 0.2) is 0 Å². The summed E-state index contributed by atoms with van der Waals surface area (Å²) in [5.74, 6) is 0.775. The molecule has 1 rings (SSSR count). The van der Waals surface area contributed by atoms with Crippen molar-refractivity contribution in [1.29, 1.82) is 0 Å². The first-order chi connectivity index (χ1) is 6.54. The molecule has 4 N–H and O–H groups in total. The summed E-state index contributed by atoms with van der Waals surface area (Å²) in [5, 5.41) is 6.10. The van der Waals surface area contributed by atoms with Crippen LogP contribution in [0.25, 0.3) is 0 Å². The molecule has 0 saturated heterocycles. The first-order valence-corrected chi connectivity index (χ1v) is 4.55. The predicted octanol–water partition coefficient (Wildman–Crippen LogP) is 1.99. The predicted molar refractivity (Wildman–Crippen MR) is 62.2 cm³/mol. The Kier molecular flexibility index (Phi) is 3.02. The van der Waals surface area contributed by atoms with Gasteiger partial charge in [-0.2, -0.15) is 0 Å². The summed E-state index contributed by atoms with van der Waals surface area (Å²) >= 11 is 0. The molecular formula is C11H17N3. The van der Waals surface area contributed by atoms with Crippen molar-refractivity contribution >= 4 is 11.4 Å². The van der Waals surface area contributed by atoms with Crippen LogP contribution in [0.2, 0.25) is 0 Å². The molecule has 0 unspecified atom stereocenters. The number of nitrogens with two attached hydrogens (primary N) is 1. The number of aryl methyl sites for hydroxylation is 2. The summed E-state index contributed by atoms with van der Waals surface area (Å²) in [6.45, 7) is 7.81. The minimum Gasteiger partial charge on any atom is -0.399 e. The Hall–Kier alpha value is -1.64. The van der Waals surface area contributed by atoms with Gasteiger partial charge in [-0.15, -0.1) is 0 Å². The van der Waals surface area contributed by atoms with Crippen LogP contribution in [-0.2, 0) is 0 Å². The highest BCUT2D eigenvalue weighted by atomic mass is 15.1. The zero-order valence-corrected chi connectivity index (χ0v) is 8.94. The summed E-state index contributed by atoms with van der Waals surface area (Å²) in [5.41, 5.74) is 9.83. The third-order valence-electron chi connectivity index (χ3n) is 2.20. The Morgan fingerprint density at radius 2 is 1.93 bits per heavy atom. The highest BCUT2D eigenvalue weighted by Gasteiger charge is 2.02. The van der Waals surface area contributed by atoms with E-state index in [9.17, 15) is 0 Å². The molecule has 0 heterocycles. The van der Waals surface area contributed by atoms with Gasteiger partial charge in [0.05, 0.1) is 5.82 Å². The zero-order chi connectivity index (χ0) is 10.7. The summed E-state index contributed by atoms with van der Waals surface area (Å²) < 4.78 is 0. The molecule has 0 aliphatic carbocycles. The Morgan fingerprint density at radius 3 is 2.50 bits per heavy atom. The fourth-order valence-corrected chi connectivity index (χ4v) is 1.20. The molecule has 1 aromatic carbocycles. The number of anilines is 2. The monoisotopic (exact) mass is 191 g/mol. The highest BCUT2D eigenvalue weighted by molar-refractivity contribution is 5.63.